The van der Waals surface area contributed by atoms with Crippen molar-refractivity contribution in [1.82, 2.24) is 10.6 Å². The molecule has 18 heavy (non-hydrogen) atoms. The number of amides is 1. The van der Waals surface area contributed by atoms with E-state index in [1.54, 1.807) is 0 Å². The lowest BCUT2D eigenvalue weighted by molar-refractivity contribution is -0.123. The topological polar surface area (TPSA) is 41.1 Å². The van der Waals surface area contributed by atoms with Crippen molar-refractivity contribution >= 4 is 5.91 Å². The van der Waals surface area contributed by atoms with Gasteiger partial charge in [-0.15, -0.1) is 0 Å². The highest BCUT2D eigenvalue weighted by atomic mass is 16.2. The van der Waals surface area contributed by atoms with Crippen LogP contribution in [0.2, 0.25) is 0 Å². The number of carbonyl (C=O) groups is 1. The molecule has 0 aromatic carbocycles. The van der Waals surface area contributed by atoms with Gasteiger partial charge in [-0.25, -0.2) is 0 Å². The third kappa shape index (κ3) is 3.98. The van der Waals surface area contributed by atoms with Crippen LogP contribution in [0.25, 0.3) is 0 Å². The van der Waals surface area contributed by atoms with Crippen molar-refractivity contribution in [1.29, 1.82) is 0 Å². The predicted molar refractivity (Wildman–Crippen MR) is 74.4 cm³/mol. The molecule has 0 spiro atoms. The molecule has 2 fully saturated rings. The van der Waals surface area contributed by atoms with Gasteiger partial charge in [0, 0.05) is 12.6 Å². The largest absolute Gasteiger partial charge is 0.355 e. The van der Waals surface area contributed by atoms with Crippen LogP contribution in [0.15, 0.2) is 0 Å². The quantitative estimate of drug-likeness (QED) is 0.758. The molecule has 1 aliphatic carbocycles. The second kappa shape index (κ2) is 7.13. The first-order valence-electron chi connectivity index (χ1n) is 7.81. The number of rotatable bonds is 3. The smallest absolute Gasteiger partial charge is 0.237 e. The van der Waals surface area contributed by atoms with Crippen LogP contribution in [0.3, 0.4) is 0 Å². The molecule has 2 N–H and O–H groups in total. The van der Waals surface area contributed by atoms with Crippen molar-refractivity contribution in [3.05, 3.63) is 0 Å². The molecule has 2 atom stereocenters. The van der Waals surface area contributed by atoms with E-state index in [4.69, 9.17) is 0 Å². The van der Waals surface area contributed by atoms with Gasteiger partial charge in [0.15, 0.2) is 0 Å². The van der Waals surface area contributed by atoms with Gasteiger partial charge >= 0.3 is 0 Å². The fraction of sp³-hybridized carbons (Fsp3) is 0.933. The molecule has 3 nitrogen and oxygen atoms in total. The van der Waals surface area contributed by atoms with E-state index in [0.29, 0.717) is 6.04 Å². The second-order valence-corrected chi connectivity index (χ2v) is 6.05. The van der Waals surface area contributed by atoms with Crippen molar-refractivity contribution in [2.45, 2.75) is 76.8 Å². The molecule has 1 heterocycles. The van der Waals surface area contributed by atoms with Crippen LogP contribution in [0.5, 0.6) is 0 Å². The molecule has 1 saturated heterocycles. The zero-order valence-corrected chi connectivity index (χ0v) is 11.7. The average molecular weight is 252 g/mol. The highest BCUT2D eigenvalue weighted by Crippen LogP contribution is 2.26. The van der Waals surface area contributed by atoms with Crippen LogP contribution in [-0.2, 0) is 4.79 Å². The van der Waals surface area contributed by atoms with E-state index in [2.05, 4.69) is 17.6 Å². The summed E-state index contributed by atoms with van der Waals surface area (Å²) in [7, 11) is 0. The van der Waals surface area contributed by atoms with Crippen molar-refractivity contribution in [3.8, 4) is 0 Å². The number of nitrogens with one attached hydrogen (secondary N) is 2. The van der Waals surface area contributed by atoms with Crippen molar-refractivity contribution < 1.29 is 4.79 Å². The lowest BCUT2D eigenvalue weighted by atomic mass is 9.92. The van der Waals surface area contributed by atoms with Gasteiger partial charge in [0.2, 0.25) is 5.91 Å². The Morgan fingerprint density at radius 2 is 1.72 bits per heavy atom. The van der Waals surface area contributed by atoms with Crippen LogP contribution in [-0.4, -0.2) is 24.5 Å². The summed E-state index contributed by atoms with van der Waals surface area (Å²) in [5, 5.41) is 6.61. The molecule has 1 aliphatic heterocycles. The van der Waals surface area contributed by atoms with E-state index in [-0.39, 0.29) is 11.9 Å². The third-order valence-corrected chi connectivity index (χ3v) is 4.61. The SMILES string of the molecule is C[C@H](NC1CCCCNC1=O)C1CCCCCC1. The highest BCUT2D eigenvalue weighted by Gasteiger charge is 2.25. The summed E-state index contributed by atoms with van der Waals surface area (Å²) in [5.74, 6) is 0.983. The Hall–Kier alpha value is -0.570. The van der Waals surface area contributed by atoms with Crippen LogP contribution in [0.4, 0.5) is 0 Å². The maximum absolute atomic E-state index is 11.9. The molecule has 104 valence electrons. The minimum Gasteiger partial charge on any atom is -0.355 e. The van der Waals surface area contributed by atoms with E-state index in [1.165, 1.54) is 38.5 Å². The summed E-state index contributed by atoms with van der Waals surface area (Å²) in [6, 6.07) is 0.530. The van der Waals surface area contributed by atoms with Gasteiger partial charge in [0.1, 0.15) is 0 Å². The fourth-order valence-electron chi connectivity index (χ4n) is 3.36. The molecular formula is C15H28N2O. The average Bonchev–Trinajstić information content (AvgIpc) is 2.73. The molecule has 0 bridgehead atoms. The first-order chi connectivity index (χ1) is 8.77. The maximum atomic E-state index is 11.9. The van der Waals surface area contributed by atoms with Crippen molar-refractivity contribution in [2.24, 2.45) is 5.92 Å². The van der Waals surface area contributed by atoms with Crippen LogP contribution < -0.4 is 10.6 Å². The lowest BCUT2D eigenvalue weighted by Crippen LogP contribution is -2.48. The molecule has 0 aromatic rings. The van der Waals surface area contributed by atoms with E-state index < -0.39 is 0 Å². The van der Waals surface area contributed by atoms with Crippen LogP contribution in [0.1, 0.15) is 64.7 Å². The second-order valence-electron chi connectivity index (χ2n) is 6.05. The summed E-state index contributed by atoms with van der Waals surface area (Å²) in [5.41, 5.74) is 0. The maximum Gasteiger partial charge on any atom is 0.237 e. The third-order valence-electron chi connectivity index (χ3n) is 4.61. The van der Waals surface area contributed by atoms with Gasteiger partial charge in [0.05, 0.1) is 6.04 Å². The Balaban J connectivity index is 1.84. The Kier molecular flexibility index (Phi) is 5.48. The summed E-state index contributed by atoms with van der Waals surface area (Å²) in [4.78, 5) is 11.9. The van der Waals surface area contributed by atoms with Gasteiger partial charge in [-0.3, -0.25) is 4.79 Å². The Morgan fingerprint density at radius 3 is 2.44 bits per heavy atom. The molecule has 1 saturated carbocycles. The predicted octanol–water partition coefficient (Wildman–Crippen LogP) is 2.60. The highest BCUT2D eigenvalue weighted by molar-refractivity contribution is 5.81. The van der Waals surface area contributed by atoms with Crippen molar-refractivity contribution in [3.63, 3.8) is 0 Å². The summed E-state index contributed by atoms with van der Waals surface area (Å²) >= 11 is 0. The zero-order valence-electron chi connectivity index (χ0n) is 11.7. The first kappa shape index (κ1) is 13.9. The molecule has 2 rings (SSSR count). The molecule has 2 aliphatic rings. The van der Waals surface area contributed by atoms with Crippen molar-refractivity contribution in [2.75, 3.05) is 6.54 Å². The van der Waals surface area contributed by atoms with Gasteiger partial charge in [0.25, 0.3) is 0 Å². The summed E-state index contributed by atoms with van der Waals surface area (Å²) < 4.78 is 0. The van der Waals surface area contributed by atoms with Crippen LogP contribution in [0, 0.1) is 5.92 Å². The Labute approximate surface area is 111 Å². The van der Waals surface area contributed by atoms with Gasteiger partial charge in [-0.05, 0) is 44.9 Å². The molecule has 1 amide bonds. The number of hydrogen-bond acceptors (Lipinski definition) is 2. The first-order valence-corrected chi connectivity index (χ1v) is 7.81. The molecule has 0 aromatic heterocycles. The lowest BCUT2D eigenvalue weighted by Gasteiger charge is -2.27. The zero-order chi connectivity index (χ0) is 12.8. The van der Waals surface area contributed by atoms with Gasteiger partial charge < -0.3 is 10.6 Å². The minimum atomic E-state index is 0.0470. The van der Waals surface area contributed by atoms with Gasteiger partial charge in [-0.2, -0.15) is 0 Å². The van der Waals surface area contributed by atoms with E-state index in [9.17, 15) is 4.79 Å². The van der Waals surface area contributed by atoms with E-state index in [1.807, 2.05) is 0 Å². The Bertz CT molecular complexity index is 259. The number of hydrogen-bond donors (Lipinski definition) is 2. The number of carbonyl (C=O) groups excluding carboxylic acids is 1. The summed E-state index contributed by atoms with van der Waals surface area (Å²) in [6.07, 6.45) is 11.5. The standard InChI is InChI=1S/C15H28N2O/c1-12(13-8-4-2-3-5-9-13)17-14-10-6-7-11-16-15(14)18/h12-14,17H,2-11H2,1H3,(H,16,18)/t12-,14?/m0/s1. The van der Waals surface area contributed by atoms with E-state index in [0.717, 1.165) is 31.7 Å². The van der Waals surface area contributed by atoms with E-state index >= 15 is 0 Å². The Morgan fingerprint density at radius 1 is 1.06 bits per heavy atom. The molecule has 0 radical (unpaired) electrons. The monoisotopic (exact) mass is 252 g/mol. The van der Waals surface area contributed by atoms with Gasteiger partial charge in [-0.1, -0.05) is 25.7 Å². The van der Waals surface area contributed by atoms with Crippen LogP contribution >= 0.6 is 0 Å². The normalized spacial score (nSPS) is 29.2. The minimum absolute atomic E-state index is 0.0470. The fourth-order valence-corrected chi connectivity index (χ4v) is 3.36. The molecule has 1 unspecified atom stereocenters. The summed E-state index contributed by atoms with van der Waals surface area (Å²) in [6.45, 7) is 3.13. The molecule has 3 heteroatoms. The molecular weight excluding hydrogens is 224 g/mol.